The number of aryl methyl sites for hydroxylation is 4. The van der Waals surface area contributed by atoms with E-state index < -0.39 is 0 Å². The first-order valence-electron chi connectivity index (χ1n) is 9.15. The molecule has 0 fully saturated rings. The van der Waals surface area contributed by atoms with Gasteiger partial charge in [-0.3, -0.25) is 9.48 Å². The van der Waals surface area contributed by atoms with Crippen molar-refractivity contribution in [1.82, 2.24) is 24.7 Å². The topological polar surface area (TPSA) is 112 Å². The molecule has 0 saturated carbocycles. The van der Waals surface area contributed by atoms with Gasteiger partial charge in [-0.05, 0) is 62.2 Å². The van der Waals surface area contributed by atoms with E-state index in [1.807, 2.05) is 45.0 Å². The molecular weight excluding hydrogens is 366 g/mol. The first-order chi connectivity index (χ1) is 13.8. The van der Waals surface area contributed by atoms with E-state index in [4.69, 9.17) is 5.73 Å². The Morgan fingerprint density at radius 1 is 1.00 bits per heavy atom. The molecule has 0 saturated heterocycles. The number of hydrogen-bond acceptors (Lipinski definition) is 6. The first kappa shape index (κ1) is 18.5. The molecule has 1 amide bonds. The van der Waals surface area contributed by atoms with Crippen LogP contribution in [0.25, 0.3) is 22.4 Å². The van der Waals surface area contributed by atoms with Crippen LogP contribution in [0.3, 0.4) is 0 Å². The number of nitrogens with two attached hydrogens (primary N) is 1. The second-order valence-corrected chi connectivity index (χ2v) is 7.03. The number of anilines is 2. The third kappa shape index (κ3) is 3.40. The summed E-state index contributed by atoms with van der Waals surface area (Å²) in [5.74, 6) is 0.656. The third-order valence-corrected chi connectivity index (χ3v) is 4.78. The van der Waals surface area contributed by atoms with Gasteiger partial charge in [-0.25, -0.2) is 15.0 Å². The lowest BCUT2D eigenvalue weighted by molar-refractivity contribution is 0.101. The van der Waals surface area contributed by atoms with Gasteiger partial charge in [0.25, 0.3) is 5.91 Å². The number of rotatable bonds is 3. The highest BCUT2D eigenvalue weighted by atomic mass is 16.2. The molecule has 0 bridgehead atoms. The quantitative estimate of drug-likeness (QED) is 0.558. The molecule has 4 rings (SSSR count). The van der Waals surface area contributed by atoms with E-state index in [1.165, 1.54) is 4.68 Å². The number of carbonyl (C=O) groups is 1. The van der Waals surface area contributed by atoms with Crippen molar-refractivity contribution in [3.05, 3.63) is 59.0 Å². The Hall–Kier alpha value is -3.81. The zero-order valence-electron chi connectivity index (χ0n) is 16.7. The normalized spacial score (nSPS) is 11.0. The van der Waals surface area contributed by atoms with E-state index in [9.17, 15) is 4.79 Å². The van der Waals surface area contributed by atoms with Crippen LogP contribution >= 0.6 is 0 Å². The number of carbonyl (C=O) groups excluding carboxylic acids is 1. The number of nitrogens with zero attached hydrogens (tertiary/aromatic N) is 5. The maximum absolute atomic E-state index is 12.4. The van der Waals surface area contributed by atoms with Crippen LogP contribution in [0.15, 0.2) is 36.5 Å². The van der Waals surface area contributed by atoms with E-state index in [-0.39, 0.29) is 5.91 Å². The smallest absolute Gasteiger partial charge is 0.273 e. The Bertz CT molecular complexity index is 1260. The van der Waals surface area contributed by atoms with Gasteiger partial charge in [0.05, 0.1) is 5.52 Å². The predicted molar refractivity (Wildman–Crippen MR) is 113 cm³/mol. The maximum atomic E-state index is 12.4. The van der Waals surface area contributed by atoms with Gasteiger partial charge in [-0.15, -0.1) is 0 Å². The van der Waals surface area contributed by atoms with Gasteiger partial charge in [0.2, 0.25) is 0 Å². The lowest BCUT2D eigenvalue weighted by Gasteiger charge is -2.11. The molecule has 0 aliphatic heterocycles. The number of nitrogen functional groups attached to an aromatic ring is 1. The Morgan fingerprint density at radius 2 is 1.79 bits per heavy atom. The summed E-state index contributed by atoms with van der Waals surface area (Å²) >= 11 is 0. The van der Waals surface area contributed by atoms with Crippen molar-refractivity contribution < 1.29 is 4.79 Å². The van der Waals surface area contributed by atoms with Gasteiger partial charge in [0.15, 0.2) is 11.6 Å². The Balaban J connectivity index is 1.69. The molecule has 0 aliphatic carbocycles. The molecule has 8 heteroatoms. The number of hydrogen-bond donors (Lipinski definition) is 2. The average molecular weight is 387 g/mol. The Labute approximate surface area is 167 Å². The summed E-state index contributed by atoms with van der Waals surface area (Å²) in [4.78, 5) is 26.0. The second-order valence-electron chi connectivity index (χ2n) is 7.03. The zero-order valence-corrected chi connectivity index (χ0v) is 16.7. The van der Waals surface area contributed by atoms with Crippen molar-refractivity contribution in [2.45, 2.75) is 20.8 Å². The molecule has 0 aliphatic rings. The largest absolute Gasteiger partial charge is 0.382 e. The molecule has 0 spiro atoms. The van der Waals surface area contributed by atoms with Crippen LogP contribution in [-0.2, 0) is 7.05 Å². The van der Waals surface area contributed by atoms with E-state index in [2.05, 4.69) is 25.4 Å². The molecule has 0 unspecified atom stereocenters. The SMILES string of the molecule is Cc1cc(C)c2nc(-c3ccc(NC(=O)c4ccnn4C)c(C)c3)nc(N)c2n1. The minimum Gasteiger partial charge on any atom is -0.382 e. The predicted octanol–water partition coefficient (Wildman–Crippen LogP) is 3.19. The summed E-state index contributed by atoms with van der Waals surface area (Å²) in [7, 11) is 1.73. The number of benzene rings is 1. The summed E-state index contributed by atoms with van der Waals surface area (Å²) in [6.45, 7) is 5.82. The molecule has 3 heterocycles. The maximum Gasteiger partial charge on any atom is 0.273 e. The summed E-state index contributed by atoms with van der Waals surface area (Å²) < 4.78 is 1.53. The minimum atomic E-state index is -0.218. The van der Waals surface area contributed by atoms with Crippen molar-refractivity contribution in [1.29, 1.82) is 0 Å². The molecule has 3 N–H and O–H groups in total. The summed E-state index contributed by atoms with van der Waals surface area (Å²) in [6, 6.07) is 9.27. The molecule has 29 heavy (non-hydrogen) atoms. The van der Waals surface area contributed by atoms with Crippen LogP contribution in [0.5, 0.6) is 0 Å². The standard InChI is InChI=1S/C21H21N7O/c1-11-10-14(5-6-15(11)25-21(29)16-7-8-23-28(16)4)20-26-17-12(2)9-13(3)24-18(17)19(22)27-20/h5-10H,1-4H3,(H,25,29)(H2,22,26,27). The van der Waals surface area contributed by atoms with Crippen molar-refractivity contribution in [3.8, 4) is 11.4 Å². The number of amides is 1. The molecule has 0 radical (unpaired) electrons. The van der Waals surface area contributed by atoms with E-state index in [0.29, 0.717) is 28.5 Å². The Morgan fingerprint density at radius 3 is 2.48 bits per heavy atom. The molecule has 1 aromatic carbocycles. The van der Waals surface area contributed by atoms with E-state index in [0.717, 1.165) is 27.9 Å². The van der Waals surface area contributed by atoms with Crippen molar-refractivity contribution >= 4 is 28.4 Å². The van der Waals surface area contributed by atoms with Gasteiger partial charge in [-0.1, -0.05) is 0 Å². The van der Waals surface area contributed by atoms with Gasteiger partial charge in [-0.2, -0.15) is 5.10 Å². The van der Waals surface area contributed by atoms with Gasteiger partial charge in [0.1, 0.15) is 11.2 Å². The van der Waals surface area contributed by atoms with Crippen molar-refractivity contribution in [3.63, 3.8) is 0 Å². The Kier molecular flexibility index (Phi) is 4.46. The van der Waals surface area contributed by atoms with Crippen LogP contribution < -0.4 is 11.1 Å². The number of aromatic nitrogens is 5. The minimum absolute atomic E-state index is 0.218. The van der Waals surface area contributed by atoms with E-state index in [1.54, 1.807) is 19.3 Å². The molecule has 4 aromatic rings. The second kappa shape index (κ2) is 6.97. The summed E-state index contributed by atoms with van der Waals surface area (Å²) in [5.41, 5.74) is 12.3. The van der Waals surface area contributed by atoms with Crippen LogP contribution in [0.4, 0.5) is 11.5 Å². The van der Waals surface area contributed by atoms with Gasteiger partial charge < -0.3 is 11.1 Å². The lowest BCUT2D eigenvalue weighted by Crippen LogP contribution is -2.16. The summed E-state index contributed by atoms with van der Waals surface area (Å²) in [6.07, 6.45) is 1.59. The lowest BCUT2D eigenvalue weighted by atomic mass is 10.1. The fourth-order valence-corrected chi connectivity index (χ4v) is 3.30. The summed E-state index contributed by atoms with van der Waals surface area (Å²) in [5, 5.41) is 6.94. The first-order valence-corrected chi connectivity index (χ1v) is 9.15. The monoisotopic (exact) mass is 387 g/mol. The van der Waals surface area contributed by atoms with Gasteiger partial charge >= 0.3 is 0 Å². The number of pyridine rings is 1. The fraction of sp³-hybridized carbons (Fsp3) is 0.190. The average Bonchev–Trinajstić information content (AvgIpc) is 3.10. The fourth-order valence-electron chi connectivity index (χ4n) is 3.30. The number of fused-ring (bicyclic) bond motifs is 1. The molecule has 146 valence electrons. The van der Waals surface area contributed by atoms with Crippen molar-refractivity contribution in [2.24, 2.45) is 7.05 Å². The zero-order chi connectivity index (χ0) is 20.7. The third-order valence-electron chi connectivity index (χ3n) is 4.78. The van der Waals surface area contributed by atoms with Crippen LogP contribution in [0, 0.1) is 20.8 Å². The highest BCUT2D eigenvalue weighted by Crippen LogP contribution is 2.27. The molecular formula is C21H21N7O. The molecule has 8 nitrogen and oxygen atoms in total. The van der Waals surface area contributed by atoms with Crippen LogP contribution in [-0.4, -0.2) is 30.6 Å². The van der Waals surface area contributed by atoms with E-state index >= 15 is 0 Å². The van der Waals surface area contributed by atoms with Crippen LogP contribution in [0.1, 0.15) is 27.3 Å². The van der Waals surface area contributed by atoms with Crippen LogP contribution in [0.2, 0.25) is 0 Å². The highest BCUT2D eigenvalue weighted by Gasteiger charge is 2.14. The number of nitrogens with one attached hydrogen (secondary N) is 1. The molecule has 0 atom stereocenters. The van der Waals surface area contributed by atoms with Crippen molar-refractivity contribution in [2.75, 3.05) is 11.1 Å². The highest BCUT2D eigenvalue weighted by molar-refractivity contribution is 6.03. The molecule has 3 aromatic heterocycles. The van der Waals surface area contributed by atoms with Gasteiger partial charge in [0, 0.05) is 30.2 Å².